The van der Waals surface area contributed by atoms with Gasteiger partial charge in [-0.05, 0) is 42.8 Å². The summed E-state index contributed by atoms with van der Waals surface area (Å²) in [6.45, 7) is 1.86. The molecule has 0 aliphatic rings. The molecule has 7 nitrogen and oxygen atoms in total. The number of fused-ring (bicyclic) bond motifs is 1. The minimum absolute atomic E-state index is 0.307. The molecule has 2 aromatic heterocycles. The van der Waals surface area contributed by atoms with Crippen LogP contribution < -0.4 is 10.9 Å². The van der Waals surface area contributed by atoms with Crippen LogP contribution in [0.25, 0.3) is 16.9 Å². The Hall–Kier alpha value is -3.83. The molecule has 0 aliphatic carbocycles. The van der Waals surface area contributed by atoms with Crippen LogP contribution >= 0.6 is 0 Å². The highest BCUT2D eigenvalue weighted by Crippen LogP contribution is 2.24. The number of benzene rings is 2. The lowest BCUT2D eigenvalue weighted by Gasteiger charge is -2.25. The van der Waals surface area contributed by atoms with Crippen molar-refractivity contribution in [1.29, 1.82) is 5.26 Å². The summed E-state index contributed by atoms with van der Waals surface area (Å²) in [6.07, 6.45) is 4.77. The Morgan fingerprint density at radius 3 is 2.86 bits per heavy atom. The monoisotopic (exact) mass is 373 g/mol. The SMILES string of the molecule is CC(c1cccc(F)c1)N(N)c1cncc(-n2cnc3cc(C#N)ccc32)n1. The van der Waals surface area contributed by atoms with Crippen molar-refractivity contribution in [3.63, 3.8) is 0 Å². The highest BCUT2D eigenvalue weighted by Gasteiger charge is 2.16. The maximum absolute atomic E-state index is 13.5. The third-order valence-corrected chi connectivity index (χ3v) is 4.55. The molecular formula is C20H16FN7. The highest BCUT2D eigenvalue weighted by atomic mass is 19.1. The molecule has 0 radical (unpaired) electrons. The normalized spacial score (nSPS) is 11.9. The zero-order valence-electron chi connectivity index (χ0n) is 15.0. The van der Waals surface area contributed by atoms with Crippen molar-refractivity contribution in [2.45, 2.75) is 13.0 Å². The van der Waals surface area contributed by atoms with Gasteiger partial charge in [0.05, 0.1) is 41.1 Å². The minimum atomic E-state index is -0.320. The van der Waals surface area contributed by atoms with Crippen molar-refractivity contribution < 1.29 is 4.39 Å². The van der Waals surface area contributed by atoms with E-state index in [4.69, 9.17) is 11.1 Å². The van der Waals surface area contributed by atoms with E-state index in [-0.39, 0.29) is 11.9 Å². The Kier molecular flexibility index (Phi) is 4.43. The molecule has 0 spiro atoms. The second-order valence-electron chi connectivity index (χ2n) is 6.30. The number of nitriles is 1. The first kappa shape index (κ1) is 17.6. The van der Waals surface area contributed by atoms with Crippen LogP contribution in [0.5, 0.6) is 0 Å². The van der Waals surface area contributed by atoms with Crippen LogP contribution in [0.4, 0.5) is 10.2 Å². The summed E-state index contributed by atoms with van der Waals surface area (Å²) in [5.41, 5.74) is 2.75. The lowest BCUT2D eigenvalue weighted by molar-refractivity contribution is 0.616. The number of hydrogen-bond acceptors (Lipinski definition) is 6. The predicted molar refractivity (Wildman–Crippen MR) is 103 cm³/mol. The van der Waals surface area contributed by atoms with E-state index in [1.807, 2.05) is 13.0 Å². The van der Waals surface area contributed by atoms with Gasteiger partial charge in [-0.3, -0.25) is 14.6 Å². The summed E-state index contributed by atoms with van der Waals surface area (Å²) in [6, 6.07) is 13.3. The smallest absolute Gasteiger partial charge is 0.164 e. The first-order valence-electron chi connectivity index (χ1n) is 8.56. The molecule has 138 valence electrons. The Balaban J connectivity index is 1.69. The van der Waals surface area contributed by atoms with Gasteiger partial charge in [0.15, 0.2) is 11.6 Å². The van der Waals surface area contributed by atoms with Crippen molar-refractivity contribution in [3.8, 4) is 11.9 Å². The van der Waals surface area contributed by atoms with E-state index < -0.39 is 0 Å². The summed E-state index contributed by atoms with van der Waals surface area (Å²) in [4.78, 5) is 13.1. The van der Waals surface area contributed by atoms with Crippen molar-refractivity contribution >= 4 is 16.9 Å². The molecule has 0 fully saturated rings. The van der Waals surface area contributed by atoms with E-state index in [0.29, 0.717) is 22.7 Å². The number of nitrogens with zero attached hydrogens (tertiary/aromatic N) is 6. The first-order valence-corrected chi connectivity index (χ1v) is 8.56. The summed E-state index contributed by atoms with van der Waals surface area (Å²) >= 11 is 0. The number of imidazole rings is 1. The van der Waals surface area contributed by atoms with Gasteiger partial charge in [-0.15, -0.1) is 0 Å². The average Bonchev–Trinajstić information content (AvgIpc) is 3.16. The van der Waals surface area contributed by atoms with Crippen LogP contribution in [0.2, 0.25) is 0 Å². The van der Waals surface area contributed by atoms with Crippen LogP contribution in [0.15, 0.2) is 61.2 Å². The Labute approximate surface area is 160 Å². The van der Waals surface area contributed by atoms with Gasteiger partial charge >= 0.3 is 0 Å². The van der Waals surface area contributed by atoms with Gasteiger partial charge in [0.2, 0.25) is 0 Å². The first-order chi connectivity index (χ1) is 13.6. The number of anilines is 1. The van der Waals surface area contributed by atoms with Crippen LogP contribution in [-0.4, -0.2) is 19.5 Å². The zero-order valence-corrected chi connectivity index (χ0v) is 15.0. The van der Waals surface area contributed by atoms with E-state index in [1.54, 1.807) is 47.6 Å². The molecular weight excluding hydrogens is 357 g/mol. The van der Waals surface area contributed by atoms with Crippen LogP contribution in [0, 0.1) is 17.1 Å². The van der Waals surface area contributed by atoms with Crippen LogP contribution in [0.1, 0.15) is 24.1 Å². The molecule has 2 N–H and O–H groups in total. The lowest BCUT2D eigenvalue weighted by atomic mass is 10.1. The fraction of sp³-hybridized carbons (Fsp3) is 0.100. The standard InChI is InChI=1S/C20H16FN7/c1-13(15-3-2-4-16(21)8-15)28(23)20-11-24-10-19(26-20)27-12-25-17-7-14(9-22)5-6-18(17)27/h2-8,10-13H,23H2,1H3. The minimum Gasteiger partial charge on any atom is -0.286 e. The molecule has 8 heteroatoms. The lowest BCUT2D eigenvalue weighted by Crippen LogP contribution is -2.34. The number of rotatable bonds is 4. The van der Waals surface area contributed by atoms with Gasteiger partial charge in [0.1, 0.15) is 12.1 Å². The Bertz CT molecular complexity index is 1190. The van der Waals surface area contributed by atoms with E-state index in [0.717, 1.165) is 11.1 Å². The summed E-state index contributed by atoms with van der Waals surface area (Å²) in [5.74, 6) is 6.89. The quantitative estimate of drug-likeness (QED) is 0.436. The van der Waals surface area contributed by atoms with Gasteiger partial charge in [-0.1, -0.05) is 12.1 Å². The second-order valence-corrected chi connectivity index (χ2v) is 6.30. The summed E-state index contributed by atoms with van der Waals surface area (Å²) in [7, 11) is 0. The van der Waals surface area contributed by atoms with Gasteiger partial charge in [-0.25, -0.2) is 20.2 Å². The maximum Gasteiger partial charge on any atom is 0.164 e. The van der Waals surface area contributed by atoms with E-state index in [1.165, 1.54) is 17.1 Å². The molecule has 2 aromatic carbocycles. The fourth-order valence-corrected chi connectivity index (χ4v) is 2.98. The van der Waals surface area contributed by atoms with Gasteiger partial charge < -0.3 is 0 Å². The number of hydrogen-bond donors (Lipinski definition) is 1. The molecule has 4 rings (SSSR count). The van der Waals surface area contributed by atoms with Crippen molar-refractivity contribution in [3.05, 3.63) is 78.1 Å². The van der Waals surface area contributed by atoms with Gasteiger partial charge in [0.25, 0.3) is 0 Å². The predicted octanol–water partition coefficient (Wildman–Crippen LogP) is 3.27. The fourth-order valence-electron chi connectivity index (χ4n) is 2.98. The topological polar surface area (TPSA) is 96.6 Å². The molecule has 0 aliphatic heterocycles. The summed E-state index contributed by atoms with van der Waals surface area (Å²) < 4.78 is 15.3. The van der Waals surface area contributed by atoms with Crippen LogP contribution in [-0.2, 0) is 0 Å². The molecule has 1 atom stereocenters. The van der Waals surface area contributed by atoms with E-state index in [2.05, 4.69) is 21.0 Å². The van der Waals surface area contributed by atoms with Crippen molar-refractivity contribution in [2.75, 3.05) is 5.01 Å². The average molecular weight is 373 g/mol. The van der Waals surface area contributed by atoms with E-state index in [9.17, 15) is 4.39 Å². The third kappa shape index (κ3) is 3.15. The van der Waals surface area contributed by atoms with Crippen LogP contribution in [0.3, 0.4) is 0 Å². The van der Waals surface area contributed by atoms with Crippen molar-refractivity contribution in [1.82, 2.24) is 19.5 Å². The summed E-state index contributed by atoms with van der Waals surface area (Å²) in [5, 5.41) is 10.5. The Morgan fingerprint density at radius 1 is 1.21 bits per heavy atom. The highest BCUT2D eigenvalue weighted by molar-refractivity contribution is 5.78. The largest absolute Gasteiger partial charge is 0.286 e. The molecule has 28 heavy (non-hydrogen) atoms. The molecule has 0 saturated heterocycles. The third-order valence-electron chi connectivity index (χ3n) is 4.55. The zero-order chi connectivity index (χ0) is 19.7. The number of nitrogens with two attached hydrogens (primary N) is 1. The molecule has 4 aromatic rings. The molecule has 2 heterocycles. The maximum atomic E-state index is 13.5. The van der Waals surface area contributed by atoms with Gasteiger partial charge in [-0.2, -0.15) is 5.26 Å². The molecule has 0 bridgehead atoms. The van der Waals surface area contributed by atoms with Crippen molar-refractivity contribution in [2.24, 2.45) is 5.84 Å². The number of halogens is 1. The molecule has 0 amide bonds. The van der Waals surface area contributed by atoms with Gasteiger partial charge in [0, 0.05) is 0 Å². The molecule has 0 saturated carbocycles. The Morgan fingerprint density at radius 2 is 2.07 bits per heavy atom. The molecule has 1 unspecified atom stereocenters. The number of aromatic nitrogens is 4. The number of hydrazine groups is 1. The second kappa shape index (κ2) is 7.06. The van der Waals surface area contributed by atoms with E-state index >= 15 is 0 Å².